The Morgan fingerprint density at radius 1 is 1.44 bits per heavy atom. The molecule has 0 aromatic carbocycles. The minimum absolute atomic E-state index is 0.150. The van der Waals surface area contributed by atoms with Crippen LogP contribution < -0.4 is 5.43 Å². The van der Waals surface area contributed by atoms with Gasteiger partial charge in [0.2, 0.25) is 0 Å². The topological polar surface area (TPSA) is 54.4 Å². The van der Waals surface area contributed by atoms with E-state index in [1.807, 2.05) is 0 Å². The molecule has 1 aliphatic rings. The van der Waals surface area contributed by atoms with Crippen molar-refractivity contribution < 1.29 is 18.0 Å². The van der Waals surface area contributed by atoms with Gasteiger partial charge in [-0.2, -0.15) is 18.3 Å². The molecule has 9 heteroatoms. The van der Waals surface area contributed by atoms with Crippen LogP contribution in [-0.4, -0.2) is 22.4 Å². The van der Waals surface area contributed by atoms with Gasteiger partial charge in [-0.1, -0.05) is 23.4 Å². The average molecular weight is 296 g/mol. The zero-order valence-electron chi connectivity index (χ0n) is 8.53. The minimum atomic E-state index is -4.49. The Hall–Kier alpha value is -1.28. The molecular weight excluding hydrogens is 291 g/mol. The summed E-state index contributed by atoms with van der Waals surface area (Å²) in [5, 5.41) is 2.90. The number of hydrazone groups is 1. The Labute approximate surface area is 109 Å². The lowest BCUT2D eigenvalue weighted by Crippen LogP contribution is -2.22. The molecule has 1 N–H and O–H groups in total. The molecule has 1 aliphatic heterocycles. The number of thioether (sulfide) groups is 1. The molecule has 4 nitrogen and oxygen atoms in total. The second-order valence-electron chi connectivity index (χ2n) is 3.30. The highest BCUT2D eigenvalue weighted by Gasteiger charge is 2.32. The van der Waals surface area contributed by atoms with E-state index in [1.165, 1.54) is 6.21 Å². The second-order valence-corrected chi connectivity index (χ2v) is 4.84. The van der Waals surface area contributed by atoms with Crippen LogP contribution in [0, 0.1) is 0 Å². The van der Waals surface area contributed by atoms with Crippen LogP contribution in [-0.2, 0) is 11.0 Å². The van der Waals surface area contributed by atoms with Crippen molar-refractivity contribution in [1.82, 2.24) is 10.4 Å². The summed E-state index contributed by atoms with van der Waals surface area (Å²) in [6, 6.07) is 0.779. The Morgan fingerprint density at radius 2 is 2.17 bits per heavy atom. The molecule has 0 saturated carbocycles. The highest BCUT2D eigenvalue weighted by atomic mass is 35.5. The van der Waals surface area contributed by atoms with Gasteiger partial charge in [-0.05, 0) is 6.07 Å². The van der Waals surface area contributed by atoms with Crippen molar-refractivity contribution in [3.05, 3.63) is 22.8 Å². The third kappa shape index (κ3) is 2.75. The summed E-state index contributed by atoms with van der Waals surface area (Å²) in [4.78, 5) is 14.8. The molecular formula is C9H5ClF3N3OS. The molecule has 1 atom stereocenters. The van der Waals surface area contributed by atoms with Crippen LogP contribution in [0.15, 0.2) is 22.4 Å². The molecule has 0 radical (unpaired) electrons. The number of amides is 1. The Bertz CT molecular complexity index is 520. The molecule has 0 aliphatic carbocycles. The molecule has 18 heavy (non-hydrogen) atoms. The van der Waals surface area contributed by atoms with Crippen molar-refractivity contribution in [2.45, 2.75) is 16.5 Å². The van der Waals surface area contributed by atoms with Gasteiger partial charge in [-0.25, -0.2) is 10.4 Å². The van der Waals surface area contributed by atoms with Gasteiger partial charge in [0.1, 0.15) is 10.3 Å². The number of nitrogens with zero attached hydrogens (tertiary/aromatic N) is 2. The number of hydrogen-bond donors (Lipinski definition) is 1. The SMILES string of the molecule is O=C1NN=C[C@H]1Sc1ncc(C(F)(F)F)cc1Cl. The number of carbonyl (C=O) groups excluding carboxylic acids is 1. The van der Waals surface area contributed by atoms with Gasteiger partial charge in [0, 0.05) is 12.4 Å². The average Bonchev–Trinajstić information content (AvgIpc) is 2.66. The number of hydrogen-bond acceptors (Lipinski definition) is 4. The third-order valence-electron chi connectivity index (χ3n) is 2.02. The van der Waals surface area contributed by atoms with E-state index >= 15 is 0 Å². The minimum Gasteiger partial charge on any atom is -0.271 e. The van der Waals surface area contributed by atoms with E-state index in [9.17, 15) is 18.0 Å². The van der Waals surface area contributed by atoms with E-state index < -0.39 is 17.0 Å². The molecule has 1 aromatic rings. The van der Waals surface area contributed by atoms with Gasteiger partial charge < -0.3 is 0 Å². The molecule has 2 heterocycles. The van der Waals surface area contributed by atoms with Crippen molar-refractivity contribution in [1.29, 1.82) is 0 Å². The maximum atomic E-state index is 12.4. The van der Waals surface area contributed by atoms with Crippen molar-refractivity contribution in [3.63, 3.8) is 0 Å². The fraction of sp³-hybridized carbons (Fsp3) is 0.222. The quantitative estimate of drug-likeness (QED) is 0.911. The molecule has 0 unspecified atom stereocenters. The Kier molecular flexibility index (Phi) is 3.49. The van der Waals surface area contributed by atoms with Crippen LogP contribution in [0.3, 0.4) is 0 Å². The van der Waals surface area contributed by atoms with Crippen LogP contribution in [0.1, 0.15) is 5.56 Å². The van der Waals surface area contributed by atoms with Crippen LogP contribution in [0.2, 0.25) is 5.02 Å². The van der Waals surface area contributed by atoms with Crippen LogP contribution >= 0.6 is 23.4 Å². The number of pyridine rings is 1. The fourth-order valence-corrected chi connectivity index (χ4v) is 2.28. The normalized spacial score (nSPS) is 19.1. The Morgan fingerprint density at radius 3 is 2.67 bits per heavy atom. The molecule has 96 valence electrons. The number of halogens is 4. The summed E-state index contributed by atoms with van der Waals surface area (Å²) >= 11 is 6.64. The van der Waals surface area contributed by atoms with E-state index in [4.69, 9.17) is 11.6 Å². The van der Waals surface area contributed by atoms with Crippen LogP contribution in [0.25, 0.3) is 0 Å². The maximum Gasteiger partial charge on any atom is 0.417 e. The summed E-state index contributed by atoms with van der Waals surface area (Å²) in [6.07, 6.45) is -2.48. The van der Waals surface area contributed by atoms with E-state index in [0.717, 1.165) is 17.8 Å². The first kappa shape index (κ1) is 13.2. The van der Waals surface area contributed by atoms with Crippen molar-refractivity contribution >= 4 is 35.5 Å². The molecule has 0 saturated heterocycles. The van der Waals surface area contributed by atoms with Crippen molar-refractivity contribution in [2.75, 3.05) is 0 Å². The molecule has 2 rings (SSSR count). The van der Waals surface area contributed by atoms with Gasteiger partial charge in [0.15, 0.2) is 0 Å². The van der Waals surface area contributed by atoms with Crippen LogP contribution in [0.5, 0.6) is 0 Å². The lowest BCUT2D eigenvalue weighted by molar-refractivity contribution is -0.137. The third-order valence-corrected chi connectivity index (χ3v) is 3.55. The molecule has 0 fully saturated rings. The smallest absolute Gasteiger partial charge is 0.271 e. The van der Waals surface area contributed by atoms with Crippen molar-refractivity contribution in [2.24, 2.45) is 5.10 Å². The molecule has 1 amide bonds. The lowest BCUT2D eigenvalue weighted by Gasteiger charge is -2.09. The lowest BCUT2D eigenvalue weighted by atomic mass is 10.3. The number of alkyl halides is 3. The highest BCUT2D eigenvalue weighted by Crippen LogP contribution is 2.34. The van der Waals surface area contributed by atoms with E-state index in [-0.39, 0.29) is 16.0 Å². The predicted molar refractivity (Wildman–Crippen MR) is 60.5 cm³/mol. The van der Waals surface area contributed by atoms with E-state index in [1.54, 1.807) is 0 Å². The fourth-order valence-electron chi connectivity index (χ4n) is 1.17. The standard InChI is InChI=1S/C9H5ClF3N3OS/c10-5-1-4(9(11,12)13)2-14-8(5)18-6-3-15-16-7(6)17/h1-3,6H,(H,16,17)/t6-/m1/s1. The summed E-state index contributed by atoms with van der Waals surface area (Å²) in [6.45, 7) is 0. The van der Waals surface area contributed by atoms with Gasteiger partial charge in [0.05, 0.1) is 10.6 Å². The first-order valence-corrected chi connectivity index (χ1v) is 5.86. The maximum absolute atomic E-state index is 12.4. The van der Waals surface area contributed by atoms with Crippen molar-refractivity contribution in [3.8, 4) is 0 Å². The van der Waals surface area contributed by atoms with E-state index in [0.29, 0.717) is 6.20 Å². The zero-order valence-corrected chi connectivity index (χ0v) is 10.1. The van der Waals surface area contributed by atoms with Gasteiger partial charge in [-0.3, -0.25) is 4.79 Å². The first-order chi connectivity index (χ1) is 8.38. The second kappa shape index (κ2) is 4.77. The summed E-state index contributed by atoms with van der Waals surface area (Å²) in [7, 11) is 0. The van der Waals surface area contributed by atoms with Crippen LogP contribution in [0.4, 0.5) is 13.2 Å². The van der Waals surface area contributed by atoms with Gasteiger partial charge in [-0.15, -0.1) is 0 Å². The number of carbonyl (C=O) groups is 1. The summed E-state index contributed by atoms with van der Waals surface area (Å²) in [5.41, 5.74) is 1.27. The molecule has 0 spiro atoms. The Balaban J connectivity index is 2.20. The van der Waals surface area contributed by atoms with E-state index in [2.05, 4.69) is 15.5 Å². The predicted octanol–water partition coefficient (Wildman–Crippen LogP) is 2.33. The molecule has 0 bridgehead atoms. The summed E-state index contributed by atoms with van der Waals surface area (Å²) in [5.74, 6) is -0.363. The largest absolute Gasteiger partial charge is 0.417 e. The monoisotopic (exact) mass is 295 g/mol. The highest BCUT2D eigenvalue weighted by molar-refractivity contribution is 8.01. The number of rotatable bonds is 2. The number of nitrogens with one attached hydrogen (secondary N) is 1. The summed E-state index contributed by atoms with van der Waals surface area (Å²) < 4.78 is 37.1. The van der Waals surface area contributed by atoms with Gasteiger partial charge >= 0.3 is 6.18 Å². The van der Waals surface area contributed by atoms with Gasteiger partial charge in [0.25, 0.3) is 5.91 Å². The number of aromatic nitrogens is 1. The first-order valence-electron chi connectivity index (χ1n) is 4.60. The zero-order chi connectivity index (χ0) is 13.3. The molecule has 1 aromatic heterocycles.